The molecular weight excluding hydrogens is 366 g/mol. The molecular formula is C24H39NO2S. The molecule has 1 amide bonds. The molecule has 0 atom stereocenters. The molecule has 0 fully saturated rings. The van der Waals surface area contributed by atoms with Crippen LogP contribution in [0.2, 0.25) is 0 Å². The van der Waals surface area contributed by atoms with Gasteiger partial charge in [-0.25, -0.2) is 0 Å². The van der Waals surface area contributed by atoms with Crippen LogP contribution < -0.4 is 5.32 Å². The number of benzene rings is 1. The van der Waals surface area contributed by atoms with Crippen LogP contribution in [-0.2, 0) is 9.59 Å². The molecule has 1 aromatic carbocycles. The van der Waals surface area contributed by atoms with Gasteiger partial charge in [0.1, 0.15) is 0 Å². The average molecular weight is 406 g/mol. The molecule has 0 aromatic heterocycles. The SMILES string of the molecule is CCCC(CCC)(CC(CC)CC)C(=O)Nc1ccccc1SC(=O)C(C)C. The number of hydrogen-bond donors (Lipinski definition) is 1. The molecule has 0 aliphatic heterocycles. The molecule has 1 aromatic rings. The highest BCUT2D eigenvalue weighted by Gasteiger charge is 2.38. The number of thioether (sulfide) groups is 1. The summed E-state index contributed by atoms with van der Waals surface area (Å²) in [6.45, 7) is 12.6. The Balaban J connectivity index is 3.15. The minimum absolute atomic E-state index is 0.0390. The van der Waals surface area contributed by atoms with E-state index in [1.807, 2.05) is 38.1 Å². The van der Waals surface area contributed by atoms with Crippen LogP contribution in [-0.4, -0.2) is 11.0 Å². The number of hydrogen-bond acceptors (Lipinski definition) is 3. The van der Waals surface area contributed by atoms with E-state index >= 15 is 0 Å². The molecule has 1 N–H and O–H groups in total. The molecule has 4 heteroatoms. The molecule has 158 valence electrons. The highest BCUT2D eigenvalue weighted by molar-refractivity contribution is 8.13. The van der Waals surface area contributed by atoms with E-state index in [1.54, 1.807) is 0 Å². The molecule has 1 rings (SSSR count). The van der Waals surface area contributed by atoms with Crippen molar-refractivity contribution < 1.29 is 9.59 Å². The average Bonchev–Trinajstić information content (AvgIpc) is 2.67. The number of carbonyl (C=O) groups is 2. The fourth-order valence-corrected chi connectivity index (χ4v) is 4.70. The Morgan fingerprint density at radius 2 is 1.57 bits per heavy atom. The summed E-state index contributed by atoms with van der Waals surface area (Å²) >= 11 is 1.23. The van der Waals surface area contributed by atoms with Gasteiger partial charge in [-0.1, -0.05) is 79.4 Å². The lowest BCUT2D eigenvalue weighted by molar-refractivity contribution is -0.127. The third-order valence-electron chi connectivity index (χ3n) is 5.59. The number of para-hydroxylation sites is 1. The van der Waals surface area contributed by atoms with Gasteiger partial charge in [0.2, 0.25) is 5.91 Å². The molecule has 3 nitrogen and oxygen atoms in total. The summed E-state index contributed by atoms with van der Waals surface area (Å²) in [5, 5.41) is 3.32. The summed E-state index contributed by atoms with van der Waals surface area (Å²) in [5.41, 5.74) is 0.424. The summed E-state index contributed by atoms with van der Waals surface area (Å²) < 4.78 is 0. The van der Waals surface area contributed by atoms with Gasteiger partial charge in [-0.2, -0.15) is 0 Å². The second kappa shape index (κ2) is 12.3. The maximum absolute atomic E-state index is 13.5. The fourth-order valence-electron chi connectivity index (χ4n) is 3.88. The Hall–Kier alpha value is -1.29. The first kappa shape index (κ1) is 24.7. The van der Waals surface area contributed by atoms with Gasteiger partial charge in [-0.15, -0.1) is 0 Å². The molecule has 28 heavy (non-hydrogen) atoms. The Kier molecular flexibility index (Phi) is 10.9. The van der Waals surface area contributed by atoms with Crippen LogP contribution in [0.3, 0.4) is 0 Å². The van der Waals surface area contributed by atoms with Crippen molar-refractivity contribution >= 4 is 28.5 Å². The lowest BCUT2D eigenvalue weighted by Crippen LogP contribution is -2.38. The van der Waals surface area contributed by atoms with E-state index in [4.69, 9.17) is 0 Å². The van der Waals surface area contributed by atoms with E-state index in [9.17, 15) is 9.59 Å². The van der Waals surface area contributed by atoms with E-state index in [0.29, 0.717) is 5.92 Å². The smallest absolute Gasteiger partial charge is 0.230 e. The van der Waals surface area contributed by atoms with Crippen LogP contribution in [0.1, 0.15) is 86.5 Å². The van der Waals surface area contributed by atoms with Crippen molar-refractivity contribution in [3.63, 3.8) is 0 Å². The van der Waals surface area contributed by atoms with Crippen LogP contribution in [0, 0.1) is 17.3 Å². The van der Waals surface area contributed by atoms with Crippen molar-refractivity contribution in [1.29, 1.82) is 0 Å². The van der Waals surface area contributed by atoms with E-state index in [2.05, 4.69) is 33.0 Å². The second-order valence-corrected chi connectivity index (χ2v) is 9.24. The summed E-state index contributed by atoms with van der Waals surface area (Å²) in [6.07, 6.45) is 6.95. The van der Waals surface area contributed by atoms with Crippen molar-refractivity contribution in [2.24, 2.45) is 17.3 Å². The van der Waals surface area contributed by atoms with Gasteiger partial charge in [-0.3, -0.25) is 9.59 Å². The van der Waals surface area contributed by atoms with Gasteiger partial charge in [0, 0.05) is 16.2 Å². The predicted octanol–water partition coefficient (Wildman–Crippen LogP) is 7.31. The lowest BCUT2D eigenvalue weighted by Gasteiger charge is -2.35. The summed E-state index contributed by atoms with van der Waals surface area (Å²) in [4.78, 5) is 26.6. The van der Waals surface area contributed by atoms with Crippen molar-refractivity contribution in [3.05, 3.63) is 24.3 Å². The monoisotopic (exact) mass is 405 g/mol. The van der Waals surface area contributed by atoms with E-state index < -0.39 is 0 Å². The number of amides is 1. The molecule has 0 spiro atoms. The third-order valence-corrected chi connectivity index (χ3v) is 6.84. The Labute approximate surface area is 176 Å². The van der Waals surface area contributed by atoms with E-state index in [-0.39, 0.29) is 22.4 Å². The minimum Gasteiger partial charge on any atom is -0.325 e. The molecule has 0 heterocycles. The van der Waals surface area contributed by atoms with Gasteiger partial charge >= 0.3 is 0 Å². The standard InChI is InChI=1S/C24H39NO2S/c1-7-15-24(16-8-2,17-19(9-3)10-4)23(27)25-20-13-11-12-14-21(20)28-22(26)18(5)6/h11-14,18-19H,7-10,15-17H2,1-6H3,(H,25,27). The molecule has 0 unspecified atom stereocenters. The quantitative estimate of drug-likeness (QED) is 0.371. The second-order valence-electron chi connectivity index (χ2n) is 8.19. The van der Waals surface area contributed by atoms with Crippen LogP contribution in [0.4, 0.5) is 5.69 Å². The molecule has 0 bridgehead atoms. The summed E-state index contributed by atoms with van der Waals surface area (Å²) in [5.74, 6) is 0.645. The maximum atomic E-state index is 13.5. The number of anilines is 1. The Morgan fingerprint density at radius 3 is 2.07 bits per heavy atom. The highest BCUT2D eigenvalue weighted by Crippen LogP contribution is 2.40. The highest BCUT2D eigenvalue weighted by atomic mass is 32.2. The first-order chi connectivity index (χ1) is 13.3. The van der Waals surface area contributed by atoms with Gasteiger partial charge in [-0.05, 0) is 49.1 Å². The zero-order valence-corrected chi connectivity index (χ0v) is 19.5. The van der Waals surface area contributed by atoms with Crippen molar-refractivity contribution in [3.8, 4) is 0 Å². The minimum atomic E-state index is -0.333. The third kappa shape index (κ3) is 6.95. The largest absolute Gasteiger partial charge is 0.325 e. The maximum Gasteiger partial charge on any atom is 0.230 e. The number of nitrogens with one attached hydrogen (secondary N) is 1. The van der Waals surface area contributed by atoms with E-state index in [0.717, 1.165) is 55.5 Å². The summed E-state index contributed by atoms with van der Waals surface area (Å²) in [6, 6.07) is 7.67. The van der Waals surface area contributed by atoms with Crippen LogP contribution in [0.25, 0.3) is 0 Å². The molecule has 0 saturated carbocycles. The topological polar surface area (TPSA) is 46.2 Å². The zero-order chi connectivity index (χ0) is 21.2. The molecule has 0 aliphatic rings. The first-order valence-corrected chi connectivity index (χ1v) is 11.8. The van der Waals surface area contributed by atoms with Gasteiger partial charge in [0.05, 0.1) is 5.69 Å². The Morgan fingerprint density at radius 1 is 1.00 bits per heavy atom. The van der Waals surface area contributed by atoms with E-state index in [1.165, 1.54) is 11.8 Å². The van der Waals surface area contributed by atoms with Crippen LogP contribution >= 0.6 is 11.8 Å². The molecule has 0 radical (unpaired) electrons. The van der Waals surface area contributed by atoms with Crippen molar-refractivity contribution in [2.75, 3.05) is 5.32 Å². The van der Waals surface area contributed by atoms with Crippen LogP contribution in [0.5, 0.6) is 0 Å². The van der Waals surface area contributed by atoms with Gasteiger partial charge in [0.15, 0.2) is 5.12 Å². The summed E-state index contributed by atoms with van der Waals surface area (Å²) in [7, 11) is 0. The lowest BCUT2D eigenvalue weighted by atomic mass is 9.71. The normalized spacial score (nSPS) is 11.9. The predicted molar refractivity (Wildman–Crippen MR) is 122 cm³/mol. The zero-order valence-electron chi connectivity index (χ0n) is 18.6. The molecule has 0 saturated heterocycles. The van der Waals surface area contributed by atoms with Gasteiger partial charge < -0.3 is 5.32 Å². The Bertz CT molecular complexity index is 617. The van der Waals surface area contributed by atoms with Crippen LogP contribution in [0.15, 0.2) is 29.2 Å². The first-order valence-electron chi connectivity index (χ1n) is 11.0. The number of carbonyl (C=O) groups excluding carboxylic acids is 2. The van der Waals surface area contributed by atoms with Gasteiger partial charge in [0.25, 0.3) is 0 Å². The molecule has 0 aliphatic carbocycles. The number of rotatable bonds is 12. The fraction of sp³-hybridized carbons (Fsp3) is 0.667. The van der Waals surface area contributed by atoms with Crippen molar-refractivity contribution in [1.82, 2.24) is 0 Å². The van der Waals surface area contributed by atoms with Crippen molar-refractivity contribution in [2.45, 2.75) is 91.4 Å².